The molecule has 0 fully saturated rings. The maximum absolute atomic E-state index is 8.73. The van der Waals surface area contributed by atoms with E-state index in [4.69, 9.17) is 28.3 Å². The lowest BCUT2D eigenvalue weighted by molar-refractivity contribution is 0.304. The van der Waals surface area contributed by atoms with Crippen molar-refractivity contribution in [1.29, 1.82) is 0 Å². The van der Waals surface area contributed by atoms with Crippen LogP contribution in [0.5, 0.6) is 0 Å². The van der Waals surface area contributed by atoms with Gasteiger partial charge in [0.2, 0.25) is 0 Å². The summed E-state index contributed by atoms with van der Waals surface area (Å²) in [4.78, 5) is 1.89. The molecule has 4 heteroatoms. The average molecular weight is 220 g/mol. The Hall–Kier alpha value is -0.440. The molecule has 0 aliphatic rings. The zero-order valence-corrected chi connectivity index (χ0v) is 8.81. The van der Waals surface area contributed by atoms with Crippen molar-refractivity contribution in [3.05, 3.63) is 28.2 Å². The van der Waals surface area contributed by atoms with Gasteiger partial charge < -0.3 is 10.0 Å². The lowest BCUT2D eigenvalue weighted by atomic mass is 10.3. The molecule has 0 spiro atoms. The molecular weight excluding hydrogens is 209 g/mol. The second kappa shape index (κ2) is 4.70. The van der Waals surface area contributed by atoms with Crippen LogP contribution in [-0.2, 0) is 0 Å². The molecule has 1 N–H and O–H groups in total. The van der Waals surface area contributed by atoms with Crippen molar-refractivity contribution in [2.75, 3.05) is 25.1 Å². The molecule has 0 bridgehead atoms. The van der Waals surface area contributed by atoms with Crippen molar-refractivity contribution < 1.29 is 5.11 Å². The smallest absolute Gasteiger partial charge is 0.0606 e. The zero-order chi connectivity index (χ0) is 9.84. The van der Waals surface area contributed by atoms with Gasteiger partial charge in [-0.15, -0.1) is 0 Å². The third-order valence-corrected chi connectivity index (χ3v) is 2.16. The fraction of sp³-hybridized carbons (Fsp3) is 0.333. The van der Waals surface area contributed by atoms with Gasteiger partial charge in [0.1, 0.15) is 0 Å². The van der Waals surface area contributed by atoms with Gasteiger partial charge in [-0.05, 0) is 18.2 Å². The van der Waals surface area contributed by atoms with Crippen LogP contribution in [0.2, 0.25) is 10.0 Å². The summed E-state index contributed by atoms with van der Waals surface area (Å²) in [5, 5.41) is 9.94. The van der Waals surface area contributed by atoms with E-state index in [9.17, 15) is 0 Å². The molecule has 0 atom stereocenters. The predicted octanol–water partition coefficient (Wildman–Crippen LogP) is 2.42. The molecule has 2 nitrogen and oxygen atoms in total. The van der Waals surface area contributed by atoms with Crippen LogP contribution in [0.4, 0.5) is 5.69 Å². The maximum atomic E-state index is 8.73. The summed E-state index contributed by atoms with van der Waals surface area (Å²) in [6.45, 7) is 0.678. The maximum Gasteiger partial charge on any atom is 0.0606 e. The first-order valence-electron chi connectivity index (χ1n) is 3.91. The van der Waals surface area contributed by atoms with Gasteiger partial charge in [0, 0.05) is 29.3 Å². The molecule has 72 valence electrons. The van der Waals surface area contributed by atoms with Crippen molar-refractivity contribution in [3.63, 3.8) is 0 Å². The Morgan fingerprint density at radius 1 is 1.23 bits per heavy atom. The number of hydrogen-bond acceptors (Lipinski definition) is 2. The summed E-state index contributed by atoms with van der Waals surface area (Å²) in [6.07, 6.45) is 0. The number of aliphatic hydroxyl groups excluding tert-OH is 1. The summed E-state index contributed by atoms with van der Waals surface area (Å²) in [5.74, 6) is 0. The minimum atomic E-state index is 0.112. The predicted molar refractivity (Wildman–Crippen MR) is 56.8 cm³/mol. The van der Waals surface area contributed by atoms with Gasteiger partial charge in [-0.3, -0.25) is 0 Å². The van der Waals surface area contributed by atoms with Crippen LogP contribution in [0.1, 0.15) is 0 Å². The molecule has 1 aromatic rings. The number of halogens is 2. The Kier molecular flexibility index (Phi) is 3.85. The molecule has 0 aromatic heterocycles. The minimum absolute atomic E-state index is 0.112. The summed E-state index contributed by atoms with van der Waals surface area (Å²) in [6, 6.07) is 5.30. The Morgan fingerprint density at radius 2 is 1.77 bits per heavy atom. The fourth-order valence-electron chi connectivity index (χ4n) is 1.04. The second-order valence-corrected chi connectivity index (χ2v) is 3.65. The molecule has 0 aliphatic heterocycles. The topological polar surface area (TPSA) is 23.5 Å². The van der Waals surface area contributed by atoms with Crippen LogP contribution >= 0.6 is 23.2 Å². The van der Waals surface area contributed by atoms with E-state index >= 15 is 0 Å². The molecule has 1 aromatic carbocycles. The van der Waals surface area contributed by atoms with Crippen LogP contribution in [0.15, 0.2) is 18.2 Å². The van der Waals surface area contributed by atoms with Crippen LogP contribution in [0, 0.1) is 0 Å². The quantitative estimate of drug-likeness (QED) is 0.845. The highest BCUT2D eigenvalue weighted by molar-refractivity contribution is 6.35. The van der Waals surface area contributed by atoms with E-state index in [0.717, 1.165) is 5.69 Å². The Morgan fingerprint density at radius 3 is 2.23 bits per heavy atom. The van der Waals surface area contributed by atoms with Gasteiger partial charge in [0.25, 0.3) is 0 Å². The molecule has 0 radical (unpaired) electrons. The molecule has 0 aliphatic carbocycles. The summed E-state index contributed by atoms with van der Waals surface area (Å²) in [7, 11) is 1.87. The van der Waals surface area contributed by atoms with E-state index in [1.54, 1.807) is 6.07 Å². The normalized spacial score (nSPS) is 10.2. The third-order valence-electron chi connectivity index (χ3n) is 1.72. The number of anilines is 1. The summed E-state index contributed by atoms with van der Waals surface area (Å²) < 4.78 is 0. The number of aliphatic hydroxyl groups is 1. The van der Waals surface area contributed by atoms with E-state index in [0.29, 0.717) is 16.6 Å². The van der Waals surface area contributed by atoms with Crippen molar-refractivity contribution in [3.8, 4) is 0 Å². The first kappa shape index (κ1) is 10.6. The standard InChI is InChI=1S/C9H11Cl2NO/c1-12(2-3-13)9-5-7(10)4-8(11)6-9/h4-6,13H,2-3H2,1H3. The highest BCUT2D eigenvalue weighted by atomic mass is 35.5. The van der Waals surface area contributed by atoms with Crippen LogP contribution in [0.25, 0.3) is 0 Å². The molecular formula is C9H11Cl2NO. The van der Waals surface area contributed by atoms with Crippen LogP contribution < -0.4 is 4.90 Å². The monoisotopic (exact) mass is 219 g/mol. The Bertz CT molecular complexity index is 271. The number of benzene rings is 1. The molecule has 0 saturated carbocycles. The van der Waals surface area contributed by atoms with E-state index in [-0.39, 0.29) is 6.61 Å². The molecule has 0 unspecified atom stereocenters. The first-order chi connectivity index (χ1) is 6.13. The summed E-state index contributed by atoms with van der Waals surface area (Å²) >= 11 is 11.6. The van der Waals surface area contributed by atoms with Crippen LogP contribution in [-0.4, -0.2) is 25.3 Å². The van der Waals surface area contributed by atoms with Crippen molar-refractivity contribution in [2.45, 2.75) is 0 Å². The summed E-state index contributed by atoms with van der Waals surface area (Å²) in [5.41, 5.74) is 0.909. The van der Waals surface area contributed by atoms with Gasteiger partial charge in [-0.25, -0.2) is 0 Å². The van der Waals surface area contributed by atoms with E-state index in [1.807, 2.05) is 24.1 Å². The molecule has 0 amide bonds. The van der Waals surface area contributed by atoms with Gasteiger partial charge >= 0.3 is 0 Å². The van der Waals surface area contributed by atoms with Crippen LogP contribution in [0.3, 0.4) is 0 Å². The zero-order valence-electron chi connectivity index (χ0n) is 7.30. The van der Waals surface area contributed by atoms with Gasteiger partial charge in [0.15, 0.2) is 0 Å². The van der Waals surface area contributed by atoms with Crippen molar-refractivity contribution >= 4 is 28.9 Å². The third kappa shape index (κ3) is 3.07. The van der Waals surface area contributed by atoms with Gasteiger partial charge in [0.05, 0.1) is 6.61 Å². The minimum Gasteiger partial charge on any atom is -0.395 e. The van der Waals surface area contributed by atoms with Crippen molar-refractivity contribution in [1.82, 2.24) is 0 Å². The number of likely N-dealkylation sites (N-methyl/N-ethyl adjacent to an activating group) is 1. The second-order valence-electron chi connectivity index (χ2n) is 2.77. The van der Waals surface area contributed by atoms with E-state index < -0.39 is 0 Å². The van der Waals surface area contributed by atoms with E-state index in [2.05, 4.69) is 0 Å². The number of hydrogen-bond donors (Lipinski definition) is 1. The molecule has 0 saturated heterocycles. The lowest BCUT2D eigenvalue weighted by Gasteiger charge is -2.18. The van der Waals surface area contributed by atoms with Gasteiger partial charge in [-0.2, -0.15) is 0 Å². The SMILES string of the molecule is CN(CCO)c1cc(Cl)cc(Cl)c1. The number of rotatable bonds is 3. The Balaban J connectivity index is 2.87. The van der Waals surface area contributed by atoms with E-state index in [1.165, 1.54) is 0 Å². The largest absolute Gasteiger partial charge is 0.395 e. The number of nitrogens with zero attached hydrogens (tertiary/aromatic N) is 1. The molecule has 1 rings (SSSR count). The fourth-order valence-corrected chi connectivity index (χ4v) is 1.55. The molecule has 0 heterocycles. The average Bonchev–Trinajstić information content (AvgIpc) is 2.03. The first-order valence-corrected chi connectivity index (χ1v) is 4.67. The Labute approximate surface area is 87.7 Å². The molecule has 13 heavy (non-hydrogen) atoms. The highest BCUT2D eigenvalue weighted by Crippen LogP contribution is 2.24. The van der Waals surface area contributed by atoms with Crippen molar-refractivity contribution in [2.24, 2.45) is 0 Å². The lowest BCUT2D eigenvalue weighted by Crippen LogP contribution is -2.20. The highest BCUT2D eigenvalue weighted by Gasteiger charge is 2.02. The van der Waals surface area contributed by atoms with Gasteiger partial charge in [-0.1, -0.05) is 23.2 Å².